The average molecular weight is 313 g/mol. The van der Waals surface area contributed by atoms with Gasteiger partial charge in [-0.05, 0) is 49.6 Å². The molecule has 0 aliphatic carbocycles. The first-order valence-electron chi connectivity index (χ1n) is 6.61. The summed E-state index contributed by atoms with van der Waals surface area (Å²) in [5.74, 6) is -0.862. The standard InChI is InChI=1S/C17H15NO3S/c1-12(16(19)13-8-10-15(22-2)11-9-13)18-21-17(20)14-6-4-3-5-7-14/h3-11H,1-2H3/b18-12+. The molecule has 0 aliphatic heterocycles. The molecule has 0 fully saturated rings. The molecule has 0 spiro atoms. The Morgan fingerprint density at radius 2 is 1.59 bits per heavy atom. The van der Waals surface area contributed by atoms with Gasteiger partial charge in [0.1, 0.15) is 5.71 Å². The van der Waals surface area contributed by atoms with Gasteiger partial charge in [-0.15, -0.1) is 11.8 Å². The van der Waals surface area contributed by atoms with E-state index in [-0.39, 0.29) is 11.5 Å². The van der Waals surface area contributed by atoms with E-state index in [1.807, 2.05) is 18.4 Å². The number of nitrogens with zero attached hydrogens (tertiary/aromatic N) is 1. The summed E-state index contributed by atoms with van der Waals surface area (Å²) in [5, 5.41) is 3.63. The van der Waals surface area contributed by atoms with Gasteiger partial charge < -0.3 is 4.84 Å². The van der Waals surface area contributed by atoms with Crippen molar-refractivity contribution in [3.8, 4) is 0 Å². The lowest BCUT2D eigenvalue weighted by Crippen LogP contribution is -2.12. The van der Waals surface area contributed by atoms with Crippen LogP contribution in [0.4, 0.5) is 0 Å². The fourth-order valence-corrected chi connectivity index (χ4v) is 2.14. The zero-order chi connectivity index (χ0) is 15.9. The molecular formula is C17H15NO3S. The van der Waals surface area contributed by atoms with Gasteiger partial charge in [-0.1, -0.05) is 23.4 Å². The first-order chi connectivity index (χ1) is 10.6. The third kappa shape index (κ3) is 4.05. The fraction of sp³-hybridized carbons (Fsp3) is 0.118. The van der Waals surface area contributed by atoms with Gasteiger partial charge in [0.2, 0.25) is 5.78 Å². The molecule has 0 unspecified atom stereocenters. The van der Waals surface area contributed by atoms with Crippen LogP contribution in [0, 0.1) is 0 Å². The quantitative estimate of drug-likeness (QED) is 0.277. The number of rotatable bonds is 5. The van der Waals surface area contributed by atoms with Crippen molar-refractivity contribution in [1.29, 1.82) is 0 Å². The first kappa shape index (κ1) is 16.0. The number of hydrogen-bond acceptors (Lipinski definition) is 5. The van der Waals surface area contributed by atoms with Gasteiger partial charge in [-0.25, -0.2) is 4.79 Å². The Labute approximate surface area is 133 Å². The summed E-state index contributed by atoms with van der Waals surface area (Å²) in [6.07, 6.45) is 1.96. The van der Waals surface area contributed by atoms with Crippen LogP contribution in [0.1, 0.15) is 27.6 Å². The summed E-state index contributed by atoms with van der Waals surface area (Å²) in [7, 11) is 0. The molecule has 0 radical (unpaired) electrons. The summed E-state index contributed by atoms with van der Waals surface area (Å²) < 4.78 is 0. The van der Waals surface area contributed by atoms with Crippen molar-refractivity contribution in [1.82, 2.24) is 0 Å². The van der Waals surface area contributed by atoms with Crippen LogP contribution in [0.5, 0.6) is 0 Å². The molecule has 0 N–H and O–H groups in total. The van der Waals surface area contributed by atoms with E-state index < -0.39 is 5.97 Å². The Balaban J connectivity index is 2.04. The lowest BCUT2D eigenvalue weighted by Gasteiger charge is -2.02. The number of thioether (sulfide) groups is 1. The van der Waals surface area contributed by atoms with E-state index >= 15 is 0 Å². The summed E-state index contributed by atoms with van der Waals surface area (Å²) in [6.45, 7) is 1.52. The average Bonchev–Trinajstić information content (AvgIpc) is 2.59. The van der Waals surface area contributed by atoms with Crippen LogP contribution in [0.25, 0.3) is 0 Å². The van der Waals surface area contributed by atoms with Gasteiger partial charge in [0, 0.05) is 10.5 Å². The maximum absolute atomic E-state index is 12.2. The molecule has 0 heterocycles. The zero-order valence-electron chi connectivity index (χ0n) is 12.3. The van der Waals surface area contributed by atoms with Crippen molar-refractivity contribution in [3.05, 3.63) is 65.7 Å². The second-order valence-electron chi connectivity index (χ2n) is 4.48. The van der Waals surface area contributed by atoms with Crippen LogP contribution < -0.4 is 0 Å². The Morgan fingerprint density at radius 3 is 2.18 bits per heavy atom. The molecule has 0 atom stereocenters. The third-order valence-electron chi connectivity index (χ3n) is 2.96. The molecular weight excluding hydrogens is 298 g/mol. The second kappa shape index (κ2) is 7.56. The summed E-state index contributed by atoms with van der Waals surface area (Å²) in [4.78, 5) is 29.8. The lowest BCUT2D eigenvalue weighted by atomic mass is 10.1. The Kier molecular flexibility index (Phi) is 5.49. The van der Waals surface area contributed by atoms with Gasteiger partial charge >= 0.3 is 5.97 Å². The summed E-state index contributed by atoms with van der Waals surface area (Å²) in [5.41, 5.74) is 1.02. The van der Waals surface area contributed by atoms with Gasteiger partial charge in [-0.3, -0.25) is 4.79 Å². The highest BCUT2D eigenvalue weighted by Gasteiger charge is 2.12. The topological polar surface area (TPSA) is 55.7 Å². The predicted octanol–water partition coefficient (Wildman–Crippen LogP) is 3.82. The van der Waals surface area contributed by atoms with Gasteiger partial charge in [0.05, 0.1) is 5.56 Å². The highest BCUT2D eigenvalue weighted by molar-refractivity contribution is 7.98. The van der Waals surface area contributed by atoms with Crippen LogP contribution >= 0.6 is 11.8 Å². The molecule has 0 bridgehead atoms. The molecule has 5 heteroatoms. The van der Waals surface area contributed by atoms with Crippen LogP contribution in [-0.4, -0.2) is 23.7 Å². The Bertz CT molecular complexity index is 694. The molecule has 0 saturated heterocycles. The molecule has 2 rings (SSSR count). The number of hydrogen-bond donors (Lipinski definition) is 0. The van der Waals surface area contributed by atoms with Crippen molar-refractivity contribution in [3.63, 3.8) is 0 Å². The molecule has 2 aromatic rings. The van der Waals surface area contributed by atoms with Crippen molar-refractivity contribution in [2.75, 3.05) is 6.26 Å². The minimum atomic E-state index is -0.592. The van der Waals surface area contributed by atoms with Gasteiger partial charge in [-0.2, -0.15) is 0 Å². The molecule has 0 aromatic heterocycles. The summed E-state index contributed by atoms with van der Waals surface area (Å²) >= 11 is 1.60. The Hall–Kier alpha value is -2.40. The minimum Gasteiger partial charge on any atom is -0.312 e. The smallest absolute Gasteiger partial charge is 0.312 e. The maximum atomic E-state index is 12.2. The number of carbonyl (C=O) groups is 2. The Morgan fingerprint density at radius 1 is 0.955 bits per heavy atom. The van der Waals surface area contributed by atoms with Gasteiger partial charge in [0.25, 0.3) is 0 Å². The van der Waals surface area contributed by atoms with Gasteiger partial charge in [0.15, 0.2) is 0 Å². The molecule has 0 saturated carbocycles. The lowest BCUT2D eigenvalue weighted by molar-refractivity contribution is 0.0515. The highest BCUT2D eigenvalue weighted by Crippen LogP contribution is 2.15. The van der Waals surface area contributed by atoms with Crippen molar-refractivity contribution in [2.45, 2.75) is 11.8 Å². The maximum Gasteiger partial charge on any atom is 0.365 e. The van der Waals surface area contributed by atoms with Crippen molar-refractivity contribution < 1.29 is 14.4 Å². The predicted molar refractivity (Wildman–Crippen MR) is 87.5 cm³/mol. The molecule has 0 aliphatic rings. The van der Waals surface area contributed by atoms with E-state index in [9.17, 15) is 9.59 Å². The number of benzene rings is 2. The number of carbonyl (C=O) groups excluding carboxylic acids is 2. The van der Waals surface area contributed by atoms with E-state index in [0.29, 0.717) is 11.1 Å². The molecule has 112 valence electrons. The van der Waals surface area contributed by atoms with Crippen LogP contribution in [0.3, 0.4) is 0 Å². The normalized spacial score (nSPS) is 11.1. The third-order valence-corrected chi connectivity index (χ3v) is 3.70. The van der Waals surface area contributed by atoms with E-state index in [1.165, 1.54) is 6.92 Å². The minimum absolute atomic E-state index is 0.126. The molecule has 4 nitrogen and oxygen atoms in total. The SMILES string of the molecule is CSc1ccc(C(=O)/C(C)=N/OC(=O)c2ccccc2)cc1. The zero-order valence-corrected chi connectivity index (χ0v) is 13.1. The van der Waals surface area contributed by atoms with E-state index in [0.717, 1.165) is 4.90 Å². The van der Waals surface area contributed by atoms with E-state index in [2.05, 4.69) is 5.16 Å². The van der Waals surface area contributed by atoms with Crippen molar-refractivity contribution >= 4 is 29.2 Å². The molecule has 2 aromatic carbocycles. The number of Topliss-reactive ketones (excluding diaryl/α,β-unsaturated/α-hetero) is 1. The summed E-state index contributed by atoms with van der Waals surface area (Å²) in [6, 6.07) is 15.7. The van der Waals surface area contributed by atoms with Crippen LogP contribution in [0.2, 0.25) is 0 Å². The molecule has 22 heavy (non-hydrogen) atoms. The largest absolute Gasteiger partial charge is 0.365 e. The molecule has 0 amide bonds. The highest BCUT2D eigenvalue weighted by atomic mass is 32.2. The fourth-order valence-electron chi connectivity index (χ4n) is 1.73. The van der Waals surface area contributed by atoms with Crippen molar-refractivity contribution in [2.24, 2.45) is 5.16 Å². The van der Waals surface area contributed by atoms with Crippen LogP contribution in [-0.2, 0) is 4.84 Å². The van der Waals surface area contributed by atoms with E-state index in [4.69, 9.17) is 4.84 Å². The second-order valence-corrected chi connectivity index (χ2v) is 5.36. The number of ketones is 1. The monoisotopic (exact) mass is 313 g/mol. The first-order valence-corrected chi connectivity index (χ1v) is 7.84. The number of oxime groups is 1. The van der Waals surface area contributed by atoms with Crippen LogP contribution in [0.15, 0.2) is 64.6 Å². The van der Waals surface area contributed by atoms with E-state index in [1.54, 1.807) is 54.2 Å².